The topological polar surface area (TPSA) is 34.5 Å². The lowest BCUT2D eigenvalue weighted by Gasteiger charge is -2.26. The van der Waals surface area contributed by atoms with E-state index in [0.29, 0.717) is 0 Å². The zero-order valence-electron chi connectivity index (χ0n) is 33.5. The van der Waals surface area contributed by atoms with Crippen LogP contribution in [0.5, 0.6) is 0 Å². The molecule has 3 heterocycles. The molecule has 10 aromatic carbocycles. The molecule has 13 rings (SSSR count). The molecule has 0 amide bonds. The maximum absolute atomic E-state index is 6.61. The Kier molecular flexibility index (Phi) is 7.57. The number of hydrogen-bond acceptors (Lipinski definition) is 3. The lowest BCUT2D eigenvalue weighted by atomic mass is 9.97. The zero-order chi connectivity index (χ0) is 40.7. The Balaban J connectivity index is 0.951. The van der Waals surface area contributed by atoms with E-state index in [-0.39, 0.29) is 0 Å². The molecule has 3 aromatic heterocycles. The van der Waals surface area contributed by atoms with Crippen molar-refractivity contribution in [3.8, 4) is 27.9 Å². The molecule has 0 atom stereocenters. The molecule has 0 bridgehead atoms. The predicted molar refractivity (Wildman–Crippen MR) is 258 cm³/mol. The number of aromatic nitrogens is 1. The summed E-state index contributed by atoms with van der Waals surface area (Å²) in [4.78, 5) is 2.36. The highest BCUT2D eigenvalue weighted by atomic mass is 16.3. The molecule has 4 nitrogen and oxygen atoms in total. The van der Waals surface area contributed by atoms with Gasteiger partial charge in [0.15, 0.2) is 0 Å². The van der Waals surface area contributed by atoms with Crippen LogP contribution >= 0.6 is 0 Å². The van der Waals surface area contributed by atoms with E-state index in [9.17, 15) is 0 Å². The largest absolute Gasteiger partial charge is 0.456 e. The third kappa shape index (κ3) is 5.33. The first kappa shape index (κ1) is 34.5. The second kappa shape index (κ2) is 13.6. The van der Waals surface area contributed by atoms with Gasteiger partial charge in [0.05, 0.1) is 11.0 Å². The summed E-state index contributed by atoms with van der Waals surface area (Å²) >= 11 is 0. The smallest absolute Gasteiger partial charge is 0.143 e. The Labute approximate surface area is 356 Å². The van der Waals surface area contributed by atoms with Crippen LogP contribution in [0.2, 0.25) is 0 Å². The van der Waals surface area contributed by atoms with Gasteiger partial charge in [-0.3, -0.25) is 0 Å². The molecular formula is C58H36N2O2. The van der Waals surface area contributed by atoms with Crippen molar-refractivity contribution in [3.05, 3.63) is 218 Å². The molecule has 290 valence electrons. The summed E-state index contributed by atoms with van der Waals surface area (Å²) in [5.41, 5.74) is 14.8. The highest BCUT2D eigenvalue weighted by Gasteiger charge is 2.19. The number of anilines is 3. The number of para-hydroxylation sites is 3. The first-order valence-electron chi connectivity index (χ1n) is 21.1. The molecule has 0 aliphatic carbocycles. The summed E-state index contributed by atoms with van der Waals surface area (Å²) in [5, 5.41) is 9.29. The summed E-state index contributed by atoms with van der Waals surface area (Å²) in [6, 6.07) is 78.1. The second-order valence-corrected chi connectivity index (χ2v) is 16.1. The van der Waals surface area contributed by atoms with Crippen LogP contribution < -0.4 is 4.90 Å². The fraction of sp³-hybridized carbons (Fsp3) is 0. The van der Waals surface area contributed by atoms with E-state index in [1.54, 1.807) is 0 Å². The van der Waals surface area contributed by atoms with Gasteiger partial charge in [-0.15, -0.1) is 0 Å². The SMILES string of the molecule is c1cc(-c2cccc3oc4c5ccccc5ccc4c23)cc(N(c2ccc(-c3ccc4oc5ccccc5c4c3)cc2)c2ccc(-n3c4ccccc4c4ccccc43)cc2)c1. The Morgan fingerprint density at radius 1 is 0.339 bits per heavy atom. The third-order valence-corrected chi connectivity index (χ3v) is 12.6. The van der Waals surface area contributed by atoms with Crippen LogP contribution in [0.4, 0.5) is 17.1 Å². The zero-order valence-corrected chi connectivity index (χ0v) is 33.5. The molecule has 0 saturated carbocycles. The van der Waals surface area contributed by atoms with Crippen molar-refractivity contribution in [1.29, 1.82) is 0 Å². The van der Waals surface area contributed by atoms with Crippen LogP contribution in [0.1, 0.15) is 0 Å². The number of rotatable bonds is 6. The van der Waals surface area contributed by atoms with E-state index in [2.05, 4.69) is 216 Å². The van der Waals surface area contributed by atoms with E-state index < -0.39 is 0 Å². The third-order valence-electron chi connectivity index (χ3n) is 12.6. The van der Waals surface area contributed by atoms with Crippen LogP contribution in [0.25, 0.3) is 104 Å². The Morgan fingerprint density at radius 3 is 1.76 bits per heavy atom. The predicted octanol–water partition coefficient (Wildman–Crippen LogP) is 16.5. The van der Waals surface area contributed by atoms with E-state index in [4.69, 9.17) is 8.83 Å². The average molecular weight is 793 g/mol. The summed E-state index contributed by atoms with van der Waals surface area (Å²) in [6.45, 7) is 0. The van der Waals surface area contributed by atoms with Crippen molar-refractivity contribution in [2.24, 2.45) is 0 Å². The van der Waals surface area contributed by atoms with Gasteiger partial charge in [0.25, 0.3) is 0 Å². The van der Waals surface area contributed by atoms with Gasteiger partial charge in [-0.05, 0) is 119 Å². The Hall–Kier alpha value is -8.34. The quantitative estimate of drug-likeness (QED) is 0.168. The molecule has 0 N–H and O–H groups in total. The van der Waals surface area contributed by atoms with Gasteiger partial charge in [0, 0.05) is 60.5 Å². The lowest BCUT2D eigenvalue weighted by Crippen LogP contribution is -2.10. The van der Waals surface area contributed by atoms with Crippen molar-refractivity contribution in [3.63, 3.8) is 0 Å². The van der Waals surface area contributed by atoms with Gasteiger partial charge in [-0.25, -0.2) is 0 Å². The van der Waals surface area contributed by atoms with Crippen molar-refractivity contribution in [1.82, 2.24) is 4.57 Å². The molecule has 0 aliphatic rings. The first-order valence-corrected chi connectivity index (χ1v) is 21.1. The summed E-state index contributed by atoms with van der Waals surface area (Å²) < 4.78 is 15.1. The fourth-order valence-electron chi connectivity index (χ4n) is 9.71. The number of hydrogen-bond donors (Lipinski definition) is 0. The van der Waals surface area contributed by atoms with Gasteiger partial charge in [0.1, 0.15) is 22.3 Å². The molecule has 13 aromatic rings. The van der Waals surface area contributed by atoms with Crippen molar-refractivity contribution in [2.75, 3.05) is 4.90 Å². The maximum Gasteiger partial charge on any atom is 0.143 e. The molecule has 4 heteroatoms. The highest BCUT2D eigenvalue weighted by Crippen LogP contribution is 2.43. The molecule has 0 saturated heterocycles. The Morgan fingerprint density at radius 2 is 0.968 bits per heavy atom. The first-order chi connectivity index (χ1) is 30.7. The van der Waals surface area contributed by atoms with E-state index >= 15 is 0 Å². The van der Waals surface area contributed by atoms with Gasteiger partial charge in [0.2, 0.25) is 0 Å². The van der Waals surface area contributed by atoms with E-state index in [0.717, 1.165) is 94.3 Å². The standard InChI is InChI=1S/C58H36N2O2/c1-2-14-46-38(11-1)25-33-50-57-45(18-10-22-56(57)62-58(46)50)40-12-9-13-44(35-40)59(41-27-23-37(24-28-41)39-26-34-55-51(36-39)49-17-5-8-21-54(49)61-55)42-29-31-43(32-30-42)60-52-19-6-3-15-47(52)48-16-4-7-20-53(48)60/h1-36H. The molecular weight excluding hydrogens is 757 g/mol. The molecule has 0 radical (unpaired) electrons. The molecule has 0 unspecified atom stereocenters. The van der Waals surface area contributed by atoms with Gasteiger partial charge < -0.3 is 18.3 Å². The van der Waals surface area contributed by atoms with Crippen LogP contribution in [-0.2, 0) is 0 Å². The van der Waals surface area contributed by atoms with Crippen LogP contribution in [0.3, 0.4) is 0 Å². The van der Waals surface area contributed by atoms with Crippen LogP contribution in [-0.4, -0.2) is 4.57 Å². The summed E-state index contributed by atoms with van der Waals surface area (Å²) in [7, 11) is 0. The lowest BCUT2D eigenvalue weighted by molar-refractivity contribution is 0.669. The minimum atomic E-state index is 0.883. The van der Waals surface area contributed by atoms with Crippen molar-refractivity contribution >= 4 is 93.5 Å². The van der Waals surface area contributed by atoms with E-state index in [1.165, 1.54) is 27.2 Å². The monoisotopic (exact) mass is 792 g/mol. The number of furan rings is 2. The normalized spacial score (nSPS) is 11.9. The molecule has 62 heavy (non-hydrogen) atoms. The van der Waals surface area contributed by atoms with Crippen molar-refractivity contribution in [2.45, 2.75) is 0 Å². The number of nitrogens with zero attached hydrogens (tertiary/aromatic N) is 2. The summed E-state index contributed by atoms with van der Waals surface area (Å²) in [6.07, 6.45) is 0. The molecule has 0 fully saturated rings. The minimum absolute atomic E-state index is 0.883. The molecule has 0 aliphatic heterocycles. The minimum Gasteiger partial charge on any atom is -0.456 e. The molecule has 0 spiro atoms. The van der Waals surface area contributed by atoms with Crippen LogP contribution in [0, 0.1) is 0 Å². The van der Waals surface area contributed by atoms with Crippen LogP contribution in [0.15, 0.2) is 227 Å². The highest BCUT2D eigenvalue weighted by molar-refractivity contribution is 6.19. The van der Waals surface area contributed by atoms with Gasteiger partial charge >= 0.3 is 0 Å². The van der Waals surface area contributed by atoms with Gasteiger partial charge in [-0.2, -0.15) is 0 Å². The van der Waals surface area contributed by atoms with Crippen molar-refractivity contribution < 1.29 is 8.83 Å². The number of benzene rings is 10. The van der Waals surface area contributed by atoms with E-state index in [1.807, 2.05) is 12.1 Å². The van der Waals surface area contributed by atoms with Gasteiger partial charge in [-0.1, -0.05) is 127 Å². The fourth-order valence-corrected chi connectivity index (χ4v) is 9.71. The Bertz CT molecular complexity index is 3810. The maximum atomic E-state index is 6.61. The summed E-state index contributed by atoms with van der Waals surface area (Å²) in [5.74, 6) is 0. The second-order valence-electron chi connectivity index (χ2n) is 16.1. The number of fused-ring (bicyclic) bond motifs is 11. The average Bonchev–Trinajstić information content (AvgIpc) is 4.02.